The van der Waals surface area contributed by atoms with Crippen molar-refractivity contribution in [1.29, 1.82) is 0 Å². The standard InChI is InChI=1S/C20H23N3O3.ClH/c1-20(11-2-3-12-22-20)19(25)23-15-7-9-16(10-8-15)26-17-6-4-5-14(13-17)18(21)24;/h4-10,13,22H,2-3,11-12H2,1H3,(H2,21,24)(H,23,25);1H. The zero-order valence-electron chi connectivity index (χ0n) is 15.2. The molecule has 0 spiro atoms. The van der Waals surface area contributed by atoms with Crippen LogP contribution in [0, 0.1) is 0 Å². The second kappa shape index (κ2) is 8.88. The number of ether oxygens (including phenoxy) is 1. The molecule has 1 unspecified atom stereocenters. The maximum Gasteiger partial charge on any atom is 0.248 e. The molecule has 2 aromatic carbocycles. The largest absolute Gasteiger partial charge is 0.457 e. The highest BCUT2D eigenvalue weighted by Gasteiger charge is 2.34. The predicted octanol–water partition coefficient (Wildman–Crippen LogP) is 3.47. The summed E-state index contributed by atoms with van der Waals surface area (Å²) in [5.74, 6) is 0.599. The maximum absolute atomic E-state index is 12.5. The molecule has 6 nitrogen and oxygen atoms in total. The zero-order chi connectivity index (χ0) is 18.6. The van der Waals surface area contributed by atoms with E-state index < -0.39 is 11.4 Å². The summed E-state index contributed by atoms with van der Waals surface area (Å²) in [6, 6.07) is 13.8. The molecule has 2 amide bonds. The number of hydrogen-bond acceptors (Lipinski definition) is 4. The normalized spacial score (nSPS) is 18.9. The Labute approximate surface area is 164 Å². The Morgan fingerprint density at radius 2 is 1.85 bits per heavy atom. The molecule has 1 aliphatic rings. The molecular weight excluding hydrogens is 366 g/mol. The lowest BCUT2D eigenvalue weighted by atomic mass is 9.90. The van der Waals surface area contributed by atoms with E-state index in [0.29, 0.717) is 22.7 Å². The Morgan fingerprint density at radius 1 is 1.11 bits per heavy atom. The Bertz CT molecular complexity index is 802. The molecule has 0 aromatic heterocycles. The predicted molar refractivity (Wildman–Crippen MR) is 108 cm³/mol. The first-order valence-electron chi connectivity index (χ1n) is 8.71. The third-order valence-electron chi connectivity index (χ3n) is 4.59. The van der Waals surface area contributed by atoms with E-state index in [4.69, 9.17) is 10.5 Å². The molecule has 1 heterocycles. The van der Waals surface area contributed by atoms with Crippen LogP contribution < -0.4 is 21.1 Å². The highest BCUT2D eigenvalue weighted by atomic mass is 35.5. The number of carbonyl (C=O) groups is 2. The van der Waals surface area contributed by atoms with Gasteiger partial charge in [-0.15, -0.1) is 12.4 Å². The smallest absolute Gasteiger partial charge is 0.248 e. The third-order valence-corrected chi connectivity index (χ3v) is 4.59. The lowest BCUT2D eigenvalue weighted by Crippen LogP contribution is -2.54. The fourth-order valence-electron chi connectivity index (χ4n) is 2.97. The van der Waals surface area contributed by atoms with E-state index in [0.717, 1.165) is 25.8 Å². The topological polar surface area (TPSA) is 93.4 Å². The van der Waals surface area contributed by atoms with Gasteiger partial charge in [0.15, 0.2) is 0 Å². The van der Waals surface area contributed by atoms with Crippen LogP contribution in [-0.4, -0.2) is 23.9 Å². The monoisotopic (exact) mass is 389 g/mol. The van der Waals surface area contributed by atoms with Gasteiger partial charge in [-0.2, -0.15) is 0 Å². The zero-order valence-corrected chi connectivity index (χ0v) is 16.0. The quantitative estimate of drug-likeness (QED) is 0.729. The van der Waals surface area contributed by atoms with Crippen LogP contribution in [-0.2, 0) is 4.79 Å². The summed E-state index contributed by atoms with van der Waals surface area (Å²) in [5.41, 5.74) is 5.85. The highest BCUT2D eigenvalue weighted by molar-refractivity contribution is 5.98. The molecule has 0 radical (unpaired) electrons. The fraction of sp³-hybridized carbons (Fsp3) is 0.300. The second-order valence-electron chi connectivity index (χ2n) is 6.69. The lowest BCUT2D eigenvalue weighted by Gasteiger charge is -2.33. The summed E-state index contributed by atoms with van der Waals surface area (Å²) in [4.78, 5) is 23.7. The van der Waals surface area contributed by atoms with Crippen LogP contribution in [0.5, 0.6) is 11.5 Å². The molecule has 7 heteroatoms. The minimum atomic E-state index is -0.525. The van der Waals surface area contributed by atoms with E-state index in [1.165, 1.54) is 0 Å². The number of hydrogen-bond donors (Lipinski definition) is 3. The molecule has 3 rings (SSSR count). The van der Waals surface area contributed by atoms with E-state index in [9.17, 15) is 9.59 Å². The number of anilines is 1. The molecule has 4 N–H and O–H groups in total. The number of amides is 2. The van der Waals surface area contributed by atoms with Crippen molar-refractivity contribution in [1.82, 2.24) is 5.32 Å². The Balaban J connectivity index is 0.00000261. The summed E-state index contributed by atoms with van der Waals surface area (Å²) in [7, 11) is 0. The molecular formula is C20H24ClN3O3. The SMILES string of the molecule is CC1(C(=O)Nc2ccc(Oc3cccc(C(N)=O)c3)cc2)CCCCN1.Cl. The van der Waals surface area contributed by atoms with Gasteiger partial charge >= 0.3 is 0 Å². The molecule has 27 heavy (non-hydrogen) atoms. The van der Waals surface area contributed by atoms with Crippen LogP contribution in [0.4, 0.5) is 5.69 Å². The van der Waals surface area contributed by atoms with Crippen molar-refractivity contribution in [3.05, 3.63) is 54.1 Å². The molecule has 0 saturated carbocycles. The van der Waals surface area contributed by atoms with E-state index in [-0.39, 0.29) is 18.3 Å². The first-order valence-corrected chi connectivity index (χ1v) is 8.71. The fourth-order valence-corrected chi connectivity index (χ4v) is 2.97. The molecule has 0 aliphatic carbocycles. The van der Waals surface area contributed by atoms with Gasteiger partial charge in [-0.3, -0.25) is 9.59 Å². The molecule has 0 bridgehead atoms. The highest BCUT2D eigenvalue weighted by Crippen LogP contribution is 2.25. The van der Waals surface area contributed by atoms with Crippen LogP contribution in [0.1, 0.15) is 36.5 Å². The van der Waals surface area contributed by atoms with Gasteiger partial charge in [0.2, 0.25) is 11.8 Å². The first-order chi connectivity index (χ1) is 12.5. The van der Waals surface area contributed by atoms with Gasteiger partial charge in [0.05, 0.1) is 5.54 Å². The maximum atomic E-state index is 12.5. The van der Waals surface area contributed by atoms with Gasteiger partial charge < -0.3 is 21.1 Å². The summed E-state index contributed by atoms with van der Waals surface area (Å²) in [5, 5.41) is 6.25. The van der Waals surface area contributed by atoms with Crippen molar-refractivity contribution in [2.75, 3.05) is 11.9 Å². The van der Waals surface area contributed by atoms with Gasteiger partial charge in [0, 0.05) is 11.3 Å². The van der Waals surface area contributed by atoms with Crippen molar-refractivity contribution in [3.63, 3.8) is 0 Å². The molecule has 1 saturated heterocycles. The average Bonchev–Trinajstić information content (AvgIpc) is 2.64. The van der Waals surface area contributed by atoms with Crippen LogP contribution in [0.3, 0.4) is 0 Å². The number of nitrogens with two attached hydrogens (primary N) is 1. The number of primary amides is 1. The minimum absolute atomic E-state index is 0. The van der Waals surface area contributed by atoms with Crippen LogP contribution in [0.2, 0.25) is 0 Å². The second-order valence-corrected chi connectivity index (χ2v) is 6.69. The van der Waals surface area contributed by atoms with Crippen molar-refractivity contribution < 1.29 is 14.3 Å². The van der Waals surface area contributed by atoms with Gasteiger partial charge in [-0.25, -0.2) is 0 Å². The van der Waals surface area contributed by atoms with Gasteiger partial charge in [0.1, 0.15) is 11.5 Å². The van der Waals surface area contributed by atoms with E-state index in [1.54, 1.807) is 48.5 Å². The summed E-state index contributed by atoms with van der Waals surface area (Å²) >= 11 is 0. The molecule has 144 valence electrons. The number of piperidine rings is 1. The van der Waals surface area contributed by atoms with Crippen molar-refractivity contribution >= 4 is 29.9 Å². The summed E-state index contributed by atoms with van der Waals surface area (Å²) in [6.45, 7) is 2.80. The van der Waals surface area contributed by atoms with E-state index >= 15 is 0 Å². The number of carbonyl (C=O) groups excluding carboxylic acids is 2. The van der Waals surface area contributed by atoms with E-state index in [1.807, 2.05) is 6.92 Å². The van der Waals surface area contributed by atoms with Crippen molar-refractivity contribution in [2.45, 2.75) is 31.7 Å². The Hall–Kier alpha value is -2.57. The molecule has 1 atom stereocenters. The van der Waals surface area contributed by atoms with Crippen LogP contribution in [0.25, 0.3) is 0 Å². The molecule has 1 aliphatic heterocycles. The number of halogens is 1. The van der Waals surface area contributed by atoms with Gasteiger partial charge in [0.25, 0.3) is 0 Å². The third kappa shape index (κ3) is 5.21. The van der Waals surface area contributed by atoms with Gasteiger partial charge in [-0.05, 0) is 75.2 Å². The van der Waals surface area contributed by atoms with Gasteiger partial charge in [-0.1, -0.05) is 6.07 Å². The number of rotatable bonds is 5. The number of nitrogens with one attached hydrogen (secondary N) is 2. The van der Waals surface area contributed by atoms with Crippen LogP contribution >= 0.6 is 12.4 Å². The minimum Gasteiger partial charge on any atom is -0.457 e. The van der Waals surface area contributed by atoms with E-state index in [2.05, 4.69) is 10.6 Å². The summed E-state index contributed by atoms with van der Waals surface area (Å²) in [6.07, 6.45) is 2.98. The molecule has 1 fully saturated rings. The number of benzene rings is 2. The lowest BCUT2D eigenvalue weighted by molar-refractivity contribution is -0.122. The van der Waals surface area contributed by atoms with Crippen LogP contribution in [0.15, 0.2) is 48.5 Å². The molecule has 2 aromatic rings. The Kier molecular flexibility index (Phi) is 6.82. The summed E-state index contributed by atoms with van der Waals surface area (Å²) < 4.78 is 5.73. The first kappa shape index (κ1) is 20.7. The Morgan fingerprint density at radius 3 is 2.48 bits per heavy atom. The average molecular weight is 390 g/mol. The van der Waals surface area contributed by atoms with Crippen molar-refractivity contribution in [2.24, 2.45) is 5.73 Å². The van der Waals surface area contributed by atoms with Crippen molar-refractivity contribution in [3.8, 4) is 11.5 Å².